The summed E-state index contributed by atoms with van der Waals surface area (Å²) in [4.78, 5) is 47.2. The SMILES string of the molecule is CC(=O)N[C@H]1CC[C@@H](NC(=O)Cc2ccccc2)[C@@H](OC(C)=O)[C@H]1OC(C)=O. The van der Waals surface area contributed by atoms with E-state index in [0.717, 1.165) is 5.56 Å². The largest absolute Gasteiger partial charge is 0.456 e. The van der Waals surface area contributed by atoms with Gasteiger partial charge in [-0.1, -0.05) is 30.3 Å². The Labute approximate surface area is 164 Å². The fourth-order valence-corrected chi connectivity index (χ4v) is 3.44. The van der Waals surface area contributed by atoms with Crippen molar-refractivity contribution >= 4 is 23.8 Å². The lowest BCUT2D eigenvalue weighted by Crippen LogP contribution is -2.62. The molecule has 1 fully saturated rings. The van der Waals surface area contributed by atoms with Crippen LogP contribution in [0.1, 0.15) is 39.2 Å². The lowest BCUT2D eigenvalue weighted by molar-refractivity contribution is -0.175. The molecule has 0 aliphatic heterocycles. The third-order valence-corrected chi connectivity index (χ3v) is 4.45. The van der Waals surface area contributed by atoms with Crippen molar-refractivity contribution in [2.45, 2.75) is 64.3 Å². The van der Waals surface area contributed by atoms with E-state index in [0.29, 0.717) is 12.8 Å². The van der Waals surface area contributed by atoms with Gasteiger partial charge >= 0.3 is 11.9 Å². The minimum Gasteiger partial charge on any atom is -0.456 e. The Balaban J connectivity index is 2.16. The van der Waals surface area contributed by atoms with Gasteiger partial charge in [0.2, 0.25) is 11.8 Å². The molecule has 2 rings (SSSR count). The number of nitrogens with one attached hydrogen (secondary N) is 2. The molecule has 2 amide bonds. The van der Waals surface area contributed by atoms with Gasteiger partial charge in [-0.15, -0.1) is 0 Å². The minimum absolute atomic E-state index is 0.178. The first-order valence-corrected chi connectivity index (χ1v) is 9.21. The lowest BCUT2D eigenvalue weighted by Gasteiger charge is -2.41. The molecule has 8 nitrogen and oxygen atoms in total. The van der Waals surface area contributed by atoms with E-state index in [-0.39, 0.29) is 18.2 Å². The fourth-order valence-electron chi connectivity index (χ4n) is 3.44. The molecule has 1 aromatic rings. The van der Waals surface area contributed by atoms with Crippen LogP contribution in [0.5, 0.6) is 0 Å². The molecule has 0 spiro atoms. The van der Waals surface area contributed by atoms with Crippen molar-refractivity contribution in [3.05, 3.63) is 35.9 Å². The van der Waals surface area contributed by atoms with Crippen LogP contribution in [0, 0.1) is 0 Å². The summed E-state index contributed by atoms with van der Waals surface area (Å²) < 4.78 is 10.8. The Kier molecular flexibility index (Phi) is 7.54. The Bertz CT molecular complexity index is 721. The maximum atomic E-state index is 12.5. The molecule has 0 heterocycles. The van der Waals surface area contributed by atoms with Crippen molar-refractivity contribution in [1.82, 2.24) is 10.6 Å². The zero-order valence-electron chi connectivity index (χ0n) is 16.3. The Morgan fingerprint density at radius 3 is 1.82 bits per heavy atom. The summed E-state index contributed by atoms with van der Waals surface area (Å²) in [5.41, 5.74) is 0.854. The summed E-state index contributed by atoms with van der Waals surface area (Å²) >= 11 is 0. The van der Waals surface area contributed by atoms with Gasteiger partial charge in [-0.25, -0.2) is 0 Å². The molecule has 0 unspecified atom stereocenters. The second-order valence-corrected chi connectivity index (χ2v) is 6.87. The van der Waals surface area contributed by atoms with Crippen molar-refractivity contribution in [3.63, 3.8) is 0 Å². The van der Waals surface area contributed by atoms with Crippen molar-refractivity contribution < 1.29 is 28.7 Å². The van der Waals surface area contributed by atoms with Gasteiger partial charge in [0.1, 0.15) is 0 Å². The third kappa shape index (κ3) is 6.37. The molecule has 1 aliphatic rings. The molecule has 4 atom stereocenters. The molecular weight excluding hydrogens is 364 g/mol. The van der Waals surface area contributed by atoms with Gasteiger partial charge in [-0.05, 0) is 18.4 Å². The standard InChI is InChI=1S/C20H26N2O6/c1-12(23)21-16-9-10-17(20(28-14(3)25)19(16)27-13(2)24)22-18(26)11-15-7-5-4-6-8-15/h4-8,16-17,19-20H,9-11H2,1-3H3,(H,21,23)(H,22,26)/t16-,17+,19-,20+/m0/s1. The molecule has 0 radical (unpaired) electrons. The van der Waals surface area contributed by atoms with E-state index in [2.05, 4.69) is 10.6 Å². The highest BCUT2D eigenvalue weighted by molar-refractivity contribution is 5.79. The average molecular weight is 390 g/mol. The van der Waals surface area contributed by atoms with E-state index < -0.39 is 36.2 Å². The Morgan fingerprint density at radius 1 is 0.857 bits per heavy atom. The zero-order chi connectivity index (χ0) is 20.7. The van der Waals surface area contributed by atoms with Gasteiger partial charge < -0.3 is 20.1 Å². The quantitative estimate of drug-likeness (QED) is 0.698. The van der Waals surface area contributed by atoms with Crippen LogP contribution in [0.2, 0.25) is 0 Å². The molecule has 1 aliphatic carbocycles. The summed E-state index contributed by atoms with van der Waals surface area (Å²) in [6.07, 6.45) is -0.683. The lowest BCUT2D eigenvalue weighted by atomic mass is 9.85. The van der Waals surface area contributed by atoms with Crippen LogP contribution >= 0.6 is 0 Å². The molecule has 1 aromatic carbocycles. The number of benzene rings is 1. The van der Waals surface area contributed by atoms with Gasteiger partial charge in [-0.3, -0.25) is 19.2 Å². The van der Waals surface area contributed by atoms with Crippen LogP contribution in [0.4, 0.5) is 0 Å². The minimum atomic E-state index is -0.897. The highest BCUT2D eigenvalue weighted by Crippen LogP contribution is 2.26. The van der Waals surface area contributed by atoms with Gasteiger partial charge in [0, 0.05) is 20.8 Å². The smallest absolute Gasteiger partial charge is 0.303 e. The summed E-state index contributed by atoms with van der Waals surface area (Å²) in [6, 6.07) is 8.21. The Morgan fingerprint density at radius 2 is 1.36 bits per heavy atom. The number of rotatable bonds is 6. The second-order valence-electron chi connectivity index (χ2n) is 6.87. The molecular formula is C20H26N2O6. The first kappa shape index (κ1) is 21.4. The summed E-state index contributed by atoms with van der Waals surface area (Å²) in [7, 11) is 0. The molecule has 1 saturated carbocycles. The first-order chi connectivity index (χ1) is 13.3. The number of ether oxygens (including phenoxy) is 2. The van der Waals surface area contributed by atoms with Crippen LogP contribution in [0.25, 0.3) is 0 Å². The van der Waals surface area contributed by atoms with Gasteiger partial charge in [0.15, 0.2) is 12.2 Å². The molecule has 8 heteroatoms. The van der Waals surface area contributed by atoms with Crippen LogP contribution in [-0.4, -0.2) is 48.0 Å². The van der Waals surface area contributed by atoms with E-state index in [1.807, 2.05) is 30.3 Å². The molecule has 0 aromatic heterocycles. The predicted molar refractivity (Wildman–Crippen MR) is 100 cm³/mol. The molecule has 2 N–H and O–H groups in total. The Hall–Kier alpha value is -2.90. The van der Waals surface area contributed by atoms with Crippen molar-refractivity contribution in [2.75, 3.05) is 0 Å². The van der Waals surface area contributed by atoms with Crippen molar-refractivity contribution in [2.24, 2.45) is 0 Å². The number of carbonyl (C=O) groups excluding carboxylic acids is 4. The summed E-state index contributed by atoms with van der Waals surface area (Å²) in [5.74, 6) is -1.63. The van der Waals surface area contributed by atoms with E-state index in [1.54, 1.807) is 0 Å². The van der Waals surface area contributed by atoms with Gasteiger partial charge in [-0.2, -0.15) is 0 Å². The maximum Gasteiger partial charge on any atom is 0.303 e. The predicted octanol–water partition coefficient (Wildman–Crippen LogP) is 0.876. The number of amides is 2. The summed E-state index contributed by atoms with van der Waals surface area (Å²) in [6.45, 7) is 3.85. The highest BCUT2D eigenvalue weighted by Gasteiger charge is 2.44. The molecule has 0 bridgehead atoms. The average Bonchev–Trinajstić information content (AvgIpc) is 2.59. The van der Waals surface area contributed by atoms with Crippen molar-refractivity contribution in [3.8, 4) is 0 Å². The fraction of sp³-hybridized carbons (Fsp3) is 0.500. The number of esters is 2. The molecule has 0 saturated heterocycles. The summed E-state index contributed by atoms with van der Waals surface area (Å²) in [5, 5.41) is 5.61. The van der Waals surface area contributed by atoms with E-state index in [9.17, 15) is 19.2 Å². The maximum absolute atomic E-state index is 12.5. The number of hydrogen-bond donors (Lipinski definition) is 2. The van der Waals surface area contributed by atoms with Gasteiger partial charge in [0.05, 0.1) is 18.5 Å². The second kappa shape index (κ2) is 9.87. The van der Waals surface area contributed by atoms with Crippen molar-refractivity contribution in [1.29, 1.82) is 0 Å². The van der Waals surface area contributed by atoms with Crippen LogP contribution in [0.15, 0.2) is 30.3 Å². The zero-order valence-corrected chi connectivity index (χ0v) is 16.3. The monoisotopic (exact) mass is 390 g/mol. The van der Waals surface area contributed by atoms with Gasteiger partial charge in [0.25, 0.3) is 0 Å². The van der Waals surface area contributed by atoms with Crippen LogP contribution in [0.3, 0.4) is 0 Å². The topological polar surface area (TPSA) is 111 Å². The van der Waals surface area contributed by atoms with E-state index in [4.69, 9.17) is 9.47 Å². The number of carbonyl (C=O) groups is 4. The number of hydrogen-bond acceptors (Lipinski definition) is 6. The molecule has 28 heavy (non-hydrogen) atoms. The first-order valence-electron chi connectivity index (χ1n) is 9.21. The molecule has 152 valence electrons. The highest BCUT2D eigenvalue weighted by atomic mass is 16.6. The third-order valence-electron chi connectivity index (χ3n) is 4.45. The normalized spacial score (nSPS) is 24.0. The van der Waals surface area contributed by atoms with Crippen LogP contribution in [-0.2, 0) is 35.1 Å². The van der Waals surface area contributed by atoms with E-state index in [1.165, 1.54) is 20.8 Å². The van der Waals surface area contributed by atoms with Crippen LogP contribution < -0.4 is 10.6 Å². The van der Waals surface area contributed by atoms with E-state index >= 15 is 0 Å².